The number of nitrogens with zero attached hydrogens (tertiary/aromatic N) is 5. The van der Waals surface area contributed by atoms with E-state index >= 15 is 0 Å². The first-order valence-corrected chi connectivity index (χ1v) is 11.8. The summed E-state index contributed by atoms with van der Waals surface area (Å²) < 4.78 is 5.48. The van der Waals surface area contributed by atoms with Crippen LogP contribution in [0.25, 0.3) is 0 Å². The van der Waals surface area contributed by atoms with E-state index in [1.165, 1.54) is 4.90 Å². The number of carbonyl (C=O) groups excluding carboxylic acids is 1. The topological polar surface area (TPSA) is 94.1 Å². The van der Waals surface area contributed by atoms with E-state index in [4.69, 9.17) is 16.3 Å². The Morgan fingerprint density at radius 2 is 1.97 bits per heavy atom. The van der Waals surface area contributed by atoms with Gasteiger partial charge in [-0.3, -0.25) is 4.79 Å². The van der Waals surface area contributed by atoms with E-state index < -0.39 is 0 Å². The van der Waals surface area contributed by atoms with Gasteiger partial charge in [-0.25, -0.2) is 4.98 Å². The lowest BCUT2D eigenvalue weighted by Crippen LogP contribution is -2.36. The third-order valence-electron chi connectivity index (χ3n) is 5.76. The Bertz CT molecular complexity index is 1170. The molecule has 0 atom stereocenters. The van der Waals surface area contributed by atoms with Gasteiger partial charge in [-0.15, -0.1) is 0 Å². The fourth-order valence-electron chi connectivity index (χ4n) is 3.83. The van der Waals surface area contributed by atoms with E-state index in [2.05, 4.69) is 20.2 Å². The lowest BCUT2D eigenvalue weighted by molar-refractivity contribution is 0.0767. The summed E-state index contributed by atoms with van der Waals surface area (Å²) in [5.74, 6) is 0.915. The smallest absolute Gasteiger partial charge is 0.253 e. The van der Waals surface area contributed by atoms with E-state index in [0.29, 0.717) is 41.3 Å². The number of morpholine rings is 1. The number of likely N-dealkylation sites (N-methyl/N-ethyl adjacent to an activating group) is 1. The summed E-state index contributed by atoms with van der Waals surface area (Å²) >= 11 is 6.15. The van der Waals surface area contributed by atoms with Gasteiger partial charge in [-0.05, 0) is 42.5 Å². The van der Waals surface area contributed by atoms with Crippen LogP contribution >= 0.6 is 11.6 Å². The van der Waals surface area contributed by atoms with Crippen LogP contribution in [-0.2, 0) is 4.74 Å². The van der Waals surface area contributed by atoms with E-state index in [0.717, 1.165) is 24.5 Å². The zero-order valence-electron chi connectivity index (χ0n) is 19.8. The number of anilines is 5. The normalized spacial score (nSPS) is 13.4. The van der Waals surface area contributed by atoms with E-state index in [-0.39, 0.29) is 19.1 Å². The van der Waals surface area contributed by atoms with Crippen LogP contribution in [0, 0.1) is 0 Å². The van der Waals surface area contributed by atoms with Crippen LogP contribution in [0.3, 0.4) is 0 Å². The second-order valence-corrected chi connectivity index (χ2v) is 8.66. The number of nitrogens with one attached hydrogen (secondary N) is 1. The molecule has 0 radical (unpaired) electrons. The van der Waals surface area contributed by atoms with Crippen molar-refractivity contribution in [2.24, 2.45) is 0 Å². The molecule has 0 bridgehead atoms. The first-order valence-electron chi connectivity index (χ1n) is 11.4. The predicted molar refractivity (Wildman–Crippen MR) is 138 cm³/mol. The summed E-state index contributed by atoms with van der Waals surface area (Å²) in [4.78, 5) is 27.6. The monoisotopic (exact) mass is 496 g/mol. The minimum absolute atomic E-state index is 0.0999. The number of hydrogen-bond acceptors (Lipinski definition) is 8. The highest BCUT2D eigenvalue weighted by Gasteiger charge is 2.18. The number of halogens is 1. The molecule has 3 aromatic rings. The third kappa shape index (κ3) is 6.19. The number of benzene rings is 2. The van der Waals surface area contributed by atoms with Gasteiger partial charge in [0.1, 0.15) is 5.82 Å². The Balaban J connectivity index is 1.63. The van der Waals surface area contributed by atoms with Gasteiger partial charge < -0.3 is 29.9 Å². The Kier molecular flexibility index (Phi) is 8.02. The summed E-state index contributed by atoms with van der Waals surface area (Å²) in [7, 11) is 3.58. The van der Waals surface area contributed by atoms with Crippen molar-refractivity contribution in [3.05, 3.63) is 65.3 Å². The van der Waals surface area contributed by atoms with Gasteiger partial charge in [0.05, 0.1) is 19.8 Å². The Morgan fingerprint density at radius 3 is 2.71 bits per heavy atom. The van der Waals surface area contributed by atoms with Crippen molar-refractivity contribution >= 4 is 46.3 Å². The van der Waals surface area contributed by atoms with Crippen molar-refractivity contribution in [3.8, 4) is 0 Å². The number of aliphatic hydroxyl groups is 1. The first-order chi connectivity index (χ1) is 16.9. The van der Waals surface area contributed by atoms with E-state index in [9.17, 15) is 9.90 Å². The van der Waals surface area contributed by atoms with Gasteiger partial charge in [-0.2, -0.15) is 4.98 Å². The van der Waals surface area contributed by atoms with Crippen LogP contribution in [-0.4, -0.2) is 79.4 Å². The molecular formula is C25H29ClN6O3. The minimum atomic E-state index is -0.174. The number of amides is 1. The van der Waals surface area contributed by atoms with Crippen molar-refractivity contribution < 1.29 is 14.6 Å². The molecule has 2 aromatic carbocycles. The molecule has 1 aromatic heterocycles. The number of ether oxygens (including phenoxy) is 1. The SMILES string of the molecule is CN(CCO)C(=O)c1cc(Nc2nccc(N(C)c3cccc(Cl)c3)n2)cc(N2CCOCC2)c1. The fraction of sp³-hybridized carbons (Fsp3) is 0.320. The van der Waals surface area contributed by atoms with Crippen molar-refractivity contribution in [2.45, 2.75) is 0 Å². The summed E-state index contributed by atoms with van der Waals surface area (Å²) in [6.45, 7) is 2.89. The Labute approximate surface area is 209 Å². The van der Waals surface area contributed by atoms with Crippen molar-refractivity contribution in [1.82, 2.24) is 14.9 Å². The number of aliphatic hydroxyl groups excluding tert-OH is 1. The van der Waals surface area contributed by atoms with Crippen LogP contribution < -0.4 is 15.1 Å². The molecule has 0 spiro atoms. The van der Waals surface area contributed by atoms with Crippen LogP contribution in [0.5, 0.6) is 0 Å². The summed E-state index contributed by atoms with van der Waals surface area (Å²) in [6.07, 6.45) is 1.68. The average Bonchev–Trinajstić information content (AvgIpc) is 2.88. The first kappa shape index (κ1) is 24.7. The zero-order valence-corrected chi connectivity index (χ0v) is 20.6. The van der Waals surface area contributed by atoms with Crippen LogP contribution in [0.1, 0.15) is 10.4 Å². The molecular weight excluding hydrogens is 468 g/mol. The lowest BCUT2D eigenvalue weighted by Gasteiger charge is -2.30. The zero-order chi connectivity index (χ0) is 24.8. The highest BCUT2D eigenvalue weighted by atomic mass is 35.5. The fourth-order valence-corrected chi connectivity index (χ4v) is 4.01. The minimum Gasteiger partial charge on any atom is -0.395 e. The van der Waals surface area contributed by atoms with Crippen molar-refractivity contribution in [1.29, 1.82) is 0 Å². The largest absolute Gasteiger partial charge is 0.395 e. The maximum atomic E-state index is 13.0. The highest BCUT2D eigenvalue weighted by molar-refractivity contribution is 6.30. The quantitative estimate of drug-likeness (QED) is 0.489. The second kappa shape index (κ2) is 11.4. The number of carbonyl (C=O) groups is 1. The average molecular weight is 497 g/mol. The molecule has 2 heterocycles. The van der Waals surface area contributed by atoms with E-state index in [1.807, 2.05) is 54.4 Å². The van der Waals surface area contributed by atoms with Gasteiger partial charge in [0.25, 0.3) is 5.91 Å². The predicted octanol–water partition coefficient (Wildman–Crippen LogP) is 3.54. The molecule has 0 saturated carbocycles. The molecule has 35 heavy (non-hydrogen) atoms. The van der Waals surface area contributed by atoms with Gasteiger partial charge in [0.15, 0.2) is 0 Å². The van der Waals surface area contributed by atoms with Gasteiger partial charge in [0, 0.05) is 67.6 Å². The second-order valence-electron chi connectivity index (χ2n) is 8.22. The van der Waals surface area contributed by atoms with Crippen molar-refractivity contribution in [3.63, 3.8) is 0 Å². The third-order valence-corrected chi connectivity index (χ3v) is 5.99. The van der Waals surface area contributed by atoms with Crippen LogP contribution in [0.4, 0.5) is 28.8 Å². The molecule has 4 rings (SSSR count). The number of rotatable bonds is 8. The maximum Gasteiger partial charge on any atom is 0.253 e. The number of hydrogen-bond donors (Lipinski definition) is 2. The number of aromatic nitrogens is 2. The molecule has 10 heteroatoms. The van der Waals surface area contributed by atoms with E-state index in [1.54, 1.807) is 19.3 Å². The molecule has 0 unspecified atom stereocenters. The molecule has 1 aliphatic rings. The maximum absolute atomic E-state index is 13.0. The Hall–Kier alpha value is -3.40. The summed E-state index contributed by atoms with van der Waals surface area (Å²) in [5.41, 5.74) is 3.01. The molecule has 1 amide bonds. The van der Waals surface area contributed by atoms with Gasteiger partial charge in [-0.1, -0.05) is 17.7 Å². The molecule has 9 nitrogen and oxygen atoms in total. The van der Waals surface area contributed by atoms with Crippen molar-refractivity contribution in [2.75, 3.05) is 68.7 Å². The molecule has 1 fully saturated rings. The van der Waals surface area contributed by atoms with Crippen LogP contribution in [0.15, 0.2) is 54.7 Å². The molecule has 0 aliphatic carbocycles. The molecule has 184 valence electrons. The molecule has 2 N–H and O–H groups in total. The standard InChI is InChI=1S/C25H29ClN6O3/c1-30(8-11-33)24(34)18-14-20(17-22(15-18)32-9-12-35-13-10-32)28-25-27-7-6-23(29-25)31(2)21-5-3-4-19(26)16-21/h3-7,14-17,33H,8-13H2,1-2H3,(H,27,28,29). The van der Waals surface area contributed by atoms with Gasteiger partial charge in [0.2, 0.25) is 5.95 Å². The molecule has 1 saturated heterocycles. The highest BCUT2D eigenvalue weighted by Crippen LogP contribution is 2.28. The summed E-state index contributed by atoms with van der Waals surface area (Å²) in [5, 5.41) is 13.2. The van der Waals surface area contributed by atoms with Crippen LogP contribution in [0.2, 0.25) is 5.02 Å². The molecule has 1 aliphatic heterocycles. The summed E-state index contributed by atoms with van der Waals surface area (Å²) in [6, 6.07) is 15.0. The van der Waals surface area contributed by atoms with Gasteiger partial charge >= 0.3 is 0 Å². The lowest BCUT2D eigenvalue weighted by atomic mass is 10.1. The Morgan fingerprint density at radius 1 is 1.17 bits per heavy atom.